The molecule has 0 aromatic rings. The van der Waals surface area contributed by atoms with E-state index in [1.807, 2.05) is 0 Å². The molecule has 2 aliphatic rings. The molecule has 4 unspecified atom stereocenters. The van der Waals surface area contributed by atoms with Gasteiger partial charge in [-0.1, -0.05) is 38.5 Å². The van der Waals surface area contributed by atoms with E-state index in [0.717, 1.165) is 13.0 Å². The fraction of sp³-hybridized carbons (Fsp3) is 0.857. The van der Waals surface area contributed by atoms with Gasteiger partial charge in [0.15, 0.2) is 5.12 Å². The van der Waals surface area contributed by atoms with Gasteiger partial charge in [-0.25, -0.2) is 0 Å². The molecule has 4 atom stereocenters. The van der Waals surface area contributed by atoms with E-state index in [9.17, 15) is 9.59 Å². The Morgan fingerprint density at radius 1 is 1.33 bits per heavy atom. The highest BCUT2D eigenvalue weighted by atomic mass is 32.2. The smallest absolute Gasteiger partial charge is 0.224 e. The fourth-order valence-corrected chi connectivity index (χ4v) is 4.26. The van der Waals surface area contributed by atoms with Gasteiger partial charge in [-0.2, -0.15) is 0 Å². The molecule has 2 rings (SSSR count). The minimum absolute atomic E-state index is 0.125. The zero-order chi connectivity index (χ0) is 13.3. The second-order valence-electron chi connectivity index (χ2n) is 5.82. The third-order valence-corrected chi connectivity index (χ3v) is 5.50. The number of rotatable bonds is 2. The minimum Gasteiger partial charge on any atom is -0.338 e. The highest BCUT2D eigenvalue weighted by molar-refractivity contribution is 8.14. The molecular formula is C14H23NO2S. The van der Waals surface area contributed by atoms with E-state index in [-0.39, 0.29) is 16.3 Å². The Balaban J connectivity index is 2.00. The highest BCUT2D eigenvalue weighted by Gasteiger charge is 2.39. The Kier molecular flexibility index (Phi) is 4.36. The molecule has 1 saturated heterocycles. The van der Waals surface area contributed by atoms with Crippen LogP contribution in [0.5, 0.6) is 0 Å². The van der Waals surface area contributed by atoms with Crippen molar-refractivity contribution in [2.24, 2.45) is 11.8 Å². The van der Waals surface area contributed by atoms with Gasteiger partial charge in [-0.15, -0.1) is 0 Å². The van der Waals surface area contributed by atoms with Crippen molar-refractivity contribution < 1.29 is 9.59 Å². The van der Waals surface area contributed by atoms with Gasteiger partial charge < -0.3 is 4.90 Å². The summed E-state index contributed by atoms with van der Waals surface area (Å²) in [6, 6.07) is 0.402. The Morgan fingerprint density at radius 3 is 2.72 bits per heavy atom. The van der Waals surface area contributed by atoms with Gasteiger partial charge in [0, 0.05) is 31.2 Å². The Labute approximate surface area is 114 Å². The van der Waals surface area contributed by atoms with Crippen LogP contribution < -0.4 is 0 Å². The average Bonchev–Trinajstić information content (AvgIpc) is 2.62. The number of hydrogen-bond donors (Lipinski definition) is 0. The molecule has 0 N–H and O–H groups in total. The summed E-state index contributed by atoms with van der Waals surface area (Å²) in [5.41, 5.74) is 0. The van der Waals surface area contributed by atoms with Gasteiger partial charge in [0.25, 0.3) is 0 Å². The summed E-state index contributed by atoms with van der Waals surface area (Å²) in [5.74, 6) is 1.54. The van der Waals surface area contributed by atoms with Crippen LogP contribution in [0.4, 0.5) is 0 Å². The van der Waals surface area contributed by atoms with Crippen molar-refractivity contribution in [1.29, 1.82) is 0 Å². The third kappa shape index (κ3) is 2.90. The molecule has 4 heteroatoms. The standard InChI is InChI=1S/C14H23NO2S/c1-9-5-4-6-13(10(9)2)15-8-12(7-14(15)17)18-11(3)16/h9-10,12-13H,4-8H2,1-3H3. The summed E-state index contributed by atoms with van der Waals surface area (Å²) in [7, 11) is 0. The lowest BCUT2D eigenvalue weighted by Gasteiger charge is -2.40. The first kappa shape index (κ1) is 13.9. The summed E-state index contributed by atoms with van der Waals surface area (Å²) in [6.07, 6.45) is 4.19. The van der Waals surface area contributed by atoms with Crippen LogP contribution in [0.25, 0.3) is 0 Å². The van der Waals surface area contributed by atoms with E-state index in [1.165, 1.54) is 24.6 Å². The van der Waals surface area contributed by atoms with Crippen LogP contribution in [0.3, 0.4) is 0 Å². The number of nitrogens with zero attached hydrogens (tertiary/aromatic N) is 1. The van der Waals surface area contributed by atoms with E-state index < -0.39 is 0 Å². The summed E-state index contributed by atoms with van der Waals surface area (Å²) in [4.78, 5) is 25.3. The quantitative estimate of drug-likeness (QED) is 0.773. The van der Waals surface area contributed by atoms with Gasteiger partial charge in [-0.05, 0) is 18.3 Å². The molecule has 1 heterocycles. The lowest BCUT2D eigenvalue weighted by atomic mass is 9.77. The molecule has 102 valence electrons. The van der Waals surface area contributed by atoms with E-state index in [4.69, 9.17) is 0 Å². The van der Waals surface area contributed by atoms with E-state index in [1.54, 1.807) is 6.92 Å². The van der Waals surface area contributed by atoms with Crippen LogP contribution in [-0.4, -0.2) is 33.8 Å². The topological polar surface area (TPSA) is 37.4 Å². The first-order valence-corrected chi connectivity index (χ1v) is 7.83. The number of carbonyl (C=O) groups excluding carboxylic acids is 2. The van der Waals surface area contributed by atoms with Crippen molar-refractivity contribution in [3.8, 4) is 0 Å². The number of carbonyl (C=O) groups is 2. The van der Waals surface area contributed by atoms with Gasteiger partial charge in [-0.3, -0.25) is 9.59 Å². The summed E-state index contributed by atoms with van der Waals surface area (Å²) in [6.45, 7) is 6.92. The minimum atomic E-state index is 0.125. The first-order valence-electron chi connectivity index (χ1n) is 6.95. The molecule has 0 aromatic carbocycles. The largest absolute Gasteiger partial charge is 0.338 e. The molecule has 1 aliphatic carbocycles. The van der Waals surface area contributed by atoms with Crippen molar-refractivity contribution in [2.75, 3.05) is 6.54 Å². The predicted molar refractivity (Wildman–Crippen MR) is 74.4 cm³/mol. The van der Waals surface area contributed by atoms with Crippen molar-refractivity contribution >= 4 is 22.8 Å². The van der Waals surface area contributed by atoms with Crippen molar-refractivity contribution in [3.63, 3.8) is 0 Å². The van der Waals surface area contributed by atoms with Crippen molar-refractivity contribution in [2.45, 2.75) is 57.7 Å². The van der Waals surface area contributed by atoms with Crippen LogP contribution in [0.2, 0.25) is 0 Å². The number of amides is 1. The number of thioether (sulfide) groups is 1. The molecule has 1 saturated carbocycles. The number of likely N-dealkylation sites (tertiary alicyclic amines) is 1. The zero-order valence-electron chi connectivity index (χ0n) is 11.5. The van der Waals surface area contributed by atoms with Gasteiger partial charge in [0.05, 0.1) is 0 Å². The normalized spacial score (nSPS) is 37.1. The molecular weight excluding hydrogens is 246 g/mol. The lowest BCUT2D eigenvalue weighted by Crippen LogP contribution is -2.45. The monoisotopic (exact) mass is 269 g/mol. The molecule has 1 amide bonds. The van der Waals surface area contributed by atoms with Crippen LogP contribution >= 0.6 is 11.8 Å². The second-order valence-corrected chi connectivity index (χ2v) is 7.29. The van der Waals surface area contributed by atoms with Crippen molar-refractivity contribution in [3.05, 3.63) is 0 Å². The predicted octanol–water partition coefficient (Wildman–Crippen LogP) is 2.69. The maximum atomic E-state index is 12.1. The summed E-state index contributed by atoms with van der Waals surface area (Å²) >= 11 is 1.33. The maximum absolute atomic E-state index is 12.1. The maximum Gasteiger partial charge on any atom is 0.224 e. The zero-order valence-corrected chi connectivity index (χ0v) is 12.3. The van der Waals surface area contributed by atoms with E-state index in [0.29, 0.717) is 24.3 Å². The van der Waals surface area contributed by atoms with Gasteiger partial charge >= 0.3 is 0 Å². The molecule has 2 fully saturated rings. The molecule has 3 nitrogen and oxygen atoms in total. The second kappa shape index (κ2) is 5.64. The Bertz CT molecular complexity index is 345. The van der Waals surface area contributed by atoms with Crippen LogP contribution in [-0.2, 0) is 9.59 Å². The summed E-state index contributed by atoms with van der Waals surface area (Å²) < 4.78 is 0. The van der Waals surface area contributed by atoms with Gasteiger partial charge in [0.2, 0.25) is 5.91 Å². The Morgan fingerprint density at radius 2 is 2.06 bits per heavy atom. The molecule has 0 spiro atoms. The van der Waals surface area contributed by atoms with Crippen LogP contribution in [0, 0.1) is 11.8 Å². The summed E-state index contributed by atoms with van der Waals surface area (Å²) in [5, 5.41) is 0.305. The van der Waals surface area contributed by atoms with Crippen LogP contribution in [0.1, 0.15) is 46.5 Å². The molecule has 0 radical (unpaired) electrons. The van der Waals surface area contributed by atoms with E-state index >= 15 is 0 Å². The molecule has 1 aliphatic heterocycles. The lowest BCUT2D eigenvalue weighted by molar-refractivity contribution is -0.131. The Hall–Kier alpha value is -0.510. The first-order chi connectivity index (χ1) is 8.49. The highest BCUT2D eigenvalue weighted by Crippen LogP contribution is 2.36. The average molecular weight is 269 g/mol. The van der Waals surface area contributed by atoms with E-state index in [2.05, 4.69) is 18.7 Å². The van der Waals surface area contributed by atoms with Crippen molar-refractivity contribution in [1.82, 2.24) is 4.90 Å². The van der Waals surface area contributed by atoms with Crippen LogP contribution in [0.15, 0.2) is 0 Å². The third-order valence-electron chi connectivity index (χ3n) is 4.52. The molecule has 0 bridgehead atoms. The molecule has 0 aromatic heterocycles. The fourth-order valence-electron chi connectivity index (χ4n) is 3.33. The van der Waals surface area contributed by atoms with Gasteiger partial charge in [0.1, 0.15) is 0 Å². The molecule has 18 heavy (non-hydrogen) atoms. The SMILES string of the molecule is CC(=O)SC1CC(=O)N(C2CCCC(C)C2C)C1. The number of hydrogen-bond acceptors (Lipinski definition) is 3.